The first kappa shape index (κ1) is 13.4. The van der Waals surface area contributed by atoms with Crippen molar-refractivity contribution < 1.29 is 4.79 Å². The molecule has 4 nitrogen and oxygen atoms in total. The fraction of sp³-hybridized carbons (Fsp3) is 0.143. The number of nitrogens with one attached hydrogen (secondary N) is 1. The Morgan fingerprint density at radius 2 is 1.89 bits per heavy atom. The molecular weight excluding hydrogens is 262 g/mol. The van der Waals surface area contributed by atoms with E-state index in [2.05, 4.69) is 10.3 Å². The summed E-state index contributed by atoms with van der Waals surface area (Å²) in [6.07, 6.45) is 3.23. The van der Waals surface area contributed by atoms with Crippen molar-refractivity contribution in [3.05, 3.63) is 59.4 Å². The third-order valence-electron chi connectivity index (χ3n) is 3.01. The van der Waals surface area contributed by atoms with Crippen molar-refractivity contribution in [1.29, 1.82) is 0 Å². The molecule has 0 saturated carbocycles. The van der Waals surface area contributed by atoms with Crippen molar-refractivity contribution in [3.8, 4) is 0 Å². The van der Waals surface area contributed by atoms with Crippen LogP contribution in [0.15, 0.2) is 48.8 Å². The van der Waals surface area contributed by atoms with E-state index in [0.717, 1.165) is 5.56 Å². The number of benzene rings is 1. The Bertz CT molecular complexity index is 588. The molecule has 3 N–H and O–H groups in total. The molecule has 1 unspecified atom stereocenters. The van der Waals surface area contributed by atoms with Gasteiger partial charge in [0.05, 0.1) is 10.7 Å². The highest BCUT2D eigenvalue weighted by Gasteiger charge is 2.33. The molecular formula is C14H14ClN3O. The lowest BCUT2D eigenvalue weighted by molar-refractivity contribution is -0.122. The van der Waals surface area contributed by atoms with Crippen LogP contribution in [0.1, 0.15) is 12.5 Å². The third-order valence-corrected chi connectivity index (χ3v) is 3.34. The van der Waals surface area contributed by atoms with E-state index in [1.807, 2.05) is 12.1 Å². The number of nitrogens with zero attached hydrogens (tertiary/aromatic N) is 1. The molecule has 0 aliphatic heterocycles. The summed E-state index contributed by atoms with van der Waals surface area (Å²) in [5, 5.41) is 3.64. The number of aromatic nitrogens is 1. The smallest absolute Gasteiger partial charge is 0.247 e. The van der Waals surface area contributed by atoms with Gasteiger partial charge in [-0.25, -0.2) is 0 Å². The zero-order chi connectivity index (χ0) is 13.9. The average molecular weight is 276 g/mol. The molecule has 98 valence electrons. The van der Waals surface area contributed by atoms with Crippen molar-refractivity contribution >= 4 is 23.2 Å². The number of anilines is 1. The molecule has 5 heteroatoms. The molecule has 1 atom stereocenters. The van der Waals surface area contributed by atoms with Crippen molar-refractivity contribution in [2.24, 2.45) is 5.73 Å². The van der Waals surface area contributed by atoms with Gasteiger partial charge < -0.3 is 11.1 Å². The fourth-order valence-corrected chi connectivity index (χ4v) is 1.98. The Labute approximate surface area is 116 Å². The first-order valence-electron chi connectivity index (χ1n) is 5.77. The summed E-state index contributed by atoms with van der Waals surface area (Å²) in [7, 11) is 0. The van der Waals surface area contributed by atoms with Crippen molar-refractivity contribution in [2.45, 2.75) is 12.5 Å². The van der Waals surface area contributed by atoms with E-state index in [4.69, 9.17) is 17.3 Å². The minimum absolute atomic E-state index is 0.487. The maximum atomic E-state index is 11.8. The molecule has 1 amide bonds. The van der Waals surface area contributed by atoms with E-state index in [-0.39, 0.29) is 0 Å². The number of para-hydroxylation sites is 1. The minimum Gasteiger partial charge on any atom is -0.367 e. The summed E-state index contributed by atoms with van der Waals surface area (Å²) in [4.78, 5) is 15.8. The SMILES string of the molecule is CC(Nc1ccccc1Cl)(C(N)=O)c1ccncc1. The van der Waals surface area contributed by atoms with Gasteiger partial charge in [0, 0.05) is 12.4 Å². The normalized spacial score (nSPS) is 13.6. The number of carbonyl (C=O) groups excluding carboxylic acids is 1. The standard InChI is InChI=1S/C14H14ClN3O/c1-14(13(16)19,10-6-8-17-9-7-10)18-12-5-3-2-4-11(12)15/h2-9,18H,1H3,(H2,16,19). The monoisotopic (exact) mass is 275 g/mol. The Morgan fingerprint density at radius 3 is 2.47 bits per heavy atom. The van der Waals surface area contributed by atoms with Gasteiger partial charge in [-0.15, -0.1) is 0 Å². The van der Waals surface area contributed by atoms with Gasteiger partial charge in [0.2, 0.25) is 5.91 Å². The summed E-state index contributed by atoms with van der Waals surface area (Å²) in [5.74, 6) is -0.487. The van der Waals surface area contributed by atoms with E-state index in [1.165, 1.54) is 0 Å². The van der Waals surface area contributed by atoms with E-state index < -0.39 is 11.4 Å². The van der Waals surface area contributed by atoms with Gasteiger partial charge in [0.1, 0.15) is 5.54 Å². The maximum Gasteiger partial charge on any atom is 0.247 e. The Kier molecular flexibility index (Phi) is 3.71. The van der Waals surface area contributed by atoms with Crippen LogP contribution >= 0.6 is 11.6 Å². The zero-order valence-corrected chi connectivity index (χ0v) is 11.2. The molecule has 0 spiro atoms. The highest BCUT2D eigenvalue weighted by atomic mass is 35.5. The predicted octanol–water partition coefficient (Wildman–Crippen LogP) is 2.55. The molecule has 0 aliphatic carbocycles. The average Bonchev–Trinajstić information content (AvgIpc) is 2.42. The highest BCUT2D eigenvalue weighted by Crippen LogP contribution is 2.29. The van der Waals surface area contributed by atoms with E-state index in [0.29, 0.717) is 10.7 Å². The van der Waals surface area contributed by atoms with Crippen LogP contribution in [-0.2, 0) is 10.3 Å². The number of hydrogen-bond donors (Lipinski definition) is 2. The largest absolute Gasteiger partial charge is 0.367 e. The van der Waals surface area contributed by atoms with Crippen LogP contribution in [0.4, 0.5) is 5.69 Å². The Morgan fingerprint density at radius 1 is 1.26 bits per heavy atom. The molecule has 1 aromatic heterocycles. The highest BCUT2D eigenvalue weighted by molar-refractivity contribution is 6.33. The van der Waals surface area contributed by atoms with Gasteiger partial charge >= 0.3 is 0 Å². The second-order valence-electron chi connectivity index (χ2n) is 4.33. The second-order valence-corrected chi connectivity index (χ2v) is 4.74. The lowest BCUT2D eigenvalue weighted by Crippen LogP contribution is -2.45. The Hall–Kier alpha value is -2.07. The number of halogens is 1. The van der Waals surface area contributed by atoms with Crippen molar-refractivity contribution in [3.63, 3.8) is 0 Å². The molecule has 0 fully saturated rings. The van der Waals surface area contributed by atoms with Crippen LogP contribution in [0.5, 0.6) is 0 Å². The Balaban J connectivity index is 2.42. The van der Waals surface area contributed by atoms with E-state index >= 15 is 0 Å². The van der Waals surface area contributed by atoms with Crippen LogP contribution in [0.2, 0.25) is 5.02 Å². The summed E-state index contributed by atoms with van der Waals surface area (Å²) in [5.41, 5.74) is 5.87. The third kappa shape index (κ3) is 2.69. The van der Waals surface area contributed by atoms with Gasteiger partial charge in [-0.3, -0.25) is 9.78 Å². The van der Waals surface area contributed by atoms with E-state index in [1.54, 1.807) is 43.6 Å². The number of pyridine rings is 1. The van der Waals surface area contributed by atoms with Crippen LogP contribution in [-0.4, -0.2) is 10.9 Å². The van der Waals surface area contributed by atoms with Crippen LogP contribution in [0, 0.1) is 0 Å². The van der Waals surface area contributed by atoms with Crippen LogP contribution in [0.3, 0.4) is 0 Å². The number of rotatable bonds is 4. The quantitative estimate of drug-likeness (QED) is 0.901. The molecule has 1 aromatic carbocycles. The van der Waals surface area contributed by atoms with Crippen LogP contribution < -0.4 is 11.1 Å². The number of hydrogen-bond acceptors (Lipinski definition) is 3. The van der Waals surface area contributed by atoms with Crippen molar-refractivity contribution in [2.75, 3.05) is 5.32 Å². The second kappa shape index (κ2) is 5.28. The number of primary amides is 1. The fourth-order valence-electron chi connectivity index (χ4n) is 1.79. The molecule has 1 heterocycles. The topological polar surface area (TPSA) is 68.0 Å². The number of nitrogens with two attached hydrogens (primary N) is 1. The first-order valence-corrected chi connectivity index (χ1v) is 6.15. The molecule has 0 aliphatic rings. The summed E-state index contributed by atoms with van der Waals surface area (Å²) < 4.78 is 0. The predicted molar refractivity (Wildman–Crippen MR) is 75.9 cm³/mol. The number of carbonyl (C=O) groups is 1. The van der Waals surface area contributed by atoms with Gasteiger partial charge in [-0.05, 0) is 36.8 Å². The van der Waals surface area contributed by atoms with Crippen molar-refractivity contribution in [1.82, 2.24) is 4.98 Å². The first-order chi connectivity index (χ1) is 9.04. The minimum atomic E-state index is -1.05. The van der Waals surface area contributed by atoms with Crippen LogP contribution in [0.25, 0.3) is 0 Å². The van der Waals surface area contributed by atoms with Gasteiger partial charge in [-0.2, -0.15) is 0 Å². The molecule has 0 bridgehead atoms. The summed E-state index contributed by atoms with van der Waals surface area (Å²) >= 11 is 6.10. The van der Waals surface area contributed by atoms with Gasteiger partial charge in [0.15, 0.2) is 0 Å². The summed E-state index contributed by atoms with van der Waals surface area (Å²) in [6.45, 7) is 1.72. The summed E-state index contributed by atoms with van der Waals surface area (Å²) in [6, 6.07) is 10.7. The molecule has 19 heavy (non-hydrogen) atoms. The molecule has 2 rings (SSSR count). The molecule has 0 radical (unpaired) electrons. The number of amides is 1. The van der Waals surface area contributed by atoms with E-state index in [9.17, 15) is 4.79 Å². The van der Waals surface area contributed by atoms with Gasteiger partial charge in [-0.1, -0.05) is 23.7 Å². The molecule has 0 saturated heterocycles. The zero-order valence-electron chi connectivity index (χ0n) is 10.4. The lowest BCUT2D eigenvalue weighted by Gasteiger charge is -2.29. The lowest BCUT2D eigenvalue weighted by atomic mass is 9.91. The van der Waals surface area contributed by atoms with Gasteiger partial charge in [0.25, 0.3) is 0 Å². The maximum absolute atomic E-state index is 11.8. The molecule has 2 aromatic rings.